The van der Waals surface area contributed by atoms with E-state index in [2.05, 4.69) is 312 Å². The molecule has 0 bridgehead atoms. The first-order chi connectivity index (χ1) is 45.6. The lowest BCUT2D eigenvalue weighted by Crippen LogP contribution is -2.32. The fourth-order valence-electron chi connectivity index (χ4n) is 14.9. The molecule has 93 heavy (non-hydrogen) atoms. The van der Waals surface area contributed by atoms with Crippen molar-refractivity contribution in [2.24, 2.45) is 0 Å². The van der Waals surface area contributed by atoms with Crippen LogP contribution in [-0.4, -0.2) is 0 Å². The molecule has 0 saturated carbocycles. The highest BCUT2D eigenvalue weighted by atomic mass is 15.1. The molecule has 0 saturated heterocycles. The summed E-state index contributed by atoms with van der Waals surface area (Å²) in [6, 6.07) is 98.9. The lowest BCUT2D eigenvalue weighted by molar-refractivity contribution is 0.455. The number of anilines is 6. The zero-order chi connectivity index (χ0) is 63.7. The van der Waals surface area contributed by atoms with E-state index in [9.17, 15) is 0 Å². The Labute approximate surface area is 555 Å². The van der Waals surface area contributed by atoms with E-state index in [1.807, 2.05) is 0 Å². The summed E-state index contributed by atoms with van der Waals surface area (Å²) in [7, 11) is 0. The van der Waals surface area contributed by atoms with Crippen molar-refractivity contribution in [3.8, 4) is 55.6 Å². The fraction of sp³-hybridized carbons (Fsp3) is 0.253. The van der Waals surface area contributed by atoms with Crippen molar-refractivity contribution in [3.63, 3.8) is 0 Å². The molecule has 0 N–H and O–H groups in total. The van der Waals surface area contributed by atoms with Gasteiger partial charge in [0, 0.05) is 34.1 Å². The van der Waals surface area contributed by atoms with Gasteiger partial charge in [0.15, 0.2) is 0 Å². The summed E-state index contributed by atoms with van der Waals surface area (Å²) in [5, 5.41) is 5.29. The Morgan fingerprint density at radius 3 is 1.04 bits per heavy atom. The Morgan fingerprint density at radius 2 is 0.656 bits per heavy atom. The van der Waals surface area contributed by atoms with Crippen molar-refractivity contribution in [3.05, 3.63) is 289 Å². The van der Waals surface area contributed by atoms with E-state index in [0.29, 0.717) is 5.92 Å². The van der Waals surface area contributed by atoms with Crippen LogP contribution in [0.4, 0.5) is 34.1 Å². The van der Waals surface area contributed by atoms with Crippen molar-refractivity contribution in [1.29, 1.82) is 0 Å². The molecule has 0 aliphatic heterocycles. The van der Waals surface area contributed by atoms with E-state index in [4.69, 9.17) is 0 Å². The monoisotopic (exact) mass is 1210 g/mol. The van der Waals surface area contributed by atoms with Crippen molar-refractivity contribution < 1.29 is 0 Å². The van der Waals surface area contributed by atoms with E-state index < -0.39 is 0 Å². The summed E-state index contributed by atoms with van der Waals surface area (Å²) in [6.45, 7) is 13.9. The van der Waals surface area contributed by atoms with Crippen LogP contribution >= 0.6 is 0 Å². The first kappa shape index (κ1) is 62.6. The number of nitrogens with zero attached hydrogens (tertiary/aromatic N) is 2. The predicted octanol–water partition coefficient (Wildman–Crippen LogP) is 27.0. The van der Waals surface area contributed by atoms with Gasteiger partial charge in [-0.1, -0.05) is 282 Å². The molecule has 0 fully saturated rings. The lowest BCUT2D eigenvalue weighted by atomic mass is 9.66. The van der Waals surface area contributed by atoms with E-state index in [1.54, 1.807) is 0 Å². The maximum atomic E-state index is 2.62. The molecule has 12 aromatic rings. The van der Waals surface area contributed by atoms with Gasteiger partial charge in [-0.25, -0.2) is 0 Å². The quantitative estimate of drug-likeness (QED) is 0.0499. The zero-order valence-corrected chi connectivity index (χ0v) is 55.9. The summed E-state index contributed by atoms with van der Waals surface area (Å²) in [5.41, 5.74) is 27.1. The summed E-state index contributed by atoms with van der Waals surface area (Å²) >= 11 is 0. The highest BCUT2D eigenvalue weighted by molar-refractivity contribution is 6.14. The summed E-state index contributed by atoms with van der Waals surface area (Å²) in [6.07, 6.45) is 18.2. The molecule has 1 aliphatic carbocycles. The largest absolute Gasteiger partial charge is 0.311 e. The molecular formula is C91H92N2. The van der Waals surface area contributed by atoms with Gasteiger partial charge in [0.05, 0.1) is 0 Å². The molecular weight excluding hydrogens is 1120 g/mol. The van der Waals surface area contributed by atoms with Gasteiger partial charge in [0.2, 0.25) is 0 Å². The Kier molecular flexibility index (Phi) is 19.3. The molecule has 2 heteroatoms. The second kappa shape index (κ2) is 28.7. The van der Waals surface area contributed by atoms with Crippen LogP contribution in [0.3, 0.4) is 0 Å². The number of hydrogen-bond donors (Lipinski definition) is 0. The summed E-state index contributed by atoms with van der Waals surface area (Å²) in [5.74, 6) is 0.454. The summed E-state index contributed by atoms with van der Waals surface area (Å²) in [4.78, 5) is 4.87. The van der Waals surface area contributed by atoms with Crippen LogP contribution in [0.25, 0.3) is 77.2 Å². The SMILES string of the molecule is CCCCCCCCc1cc(-c2ccc(N(c3ccc(-c4ccccc4)cc3)c3ccc(C(C)C)cc3)cc2)c2ccccc2c1-c1c(CCCCCCCC)cc(-c2ccc(N(c3ccc(-c4ccccc4)cc3)c3ccc4c(c3)CC4(C)C)cc2)c2ccccc12. The van der Waals surface area contributed by atoms with Gasteiger partial charge in [-0.05, 0) is 233 Å². The van der Waals surface area contributed by atoms with Crippen LogP contribution < -0.4 is 9.80 Å². The fourth-order valence-corrected chi connectivity index (χ4v) is 14.9. The van der Waals surface area contributed by atoms with Gasteiger partial charge in [0.1, 0.15) is 0 Å². The van der Waals surface area contributed by atoms with Crippen LogP contribution in [0.5, 0.6) is 0 Å². The van der Waals surface area contributed by atoms with Gasteiger partial charge in [-0.3, -0.25) is 0 Å². The molecule has 466 valence electrons. The first-order valence-electron chi connectivity index (χ1n) is 35.1. The van der Waals surface area contributed by atoms with Crippen LogP contribution in [-0.2, 0) is 24.7 Å². The minimum Gasteiger partial charge on any atom is -0.311 e. The van der Waals surface area contributed by atoms with Gasteiger partial charge < -0.3 is 9.80 Å². The maximum absolute atomic E-state index is 2.62. The molecule has 0 spiro atoms. The van der Waals surface area contributed by atoms with Gasteiger partial charge >= 0.3 is 0 Å². The number of unbranched alkanes of at least 4 members (excludes halogenated alkanes) is 10. The average Bonchev–Trinajstić information content (AvgIpc) is 0.755. The molecule has 0 aromatic heterocycles. The second-order valence-corrected chi connectivity index (χ2v) is 27.3. The molecule has 0 atom stereocenters. The van der Waals surface area contributed by atoms with Crippen LogP contribution in [0.1, 0.15) is 152 Å². The third kappa shape index (κ3) is 13.7. The number of hydrogen-bond acceptors (Lipinski definition) is 2. The lowest BCUT2D eigenvalue weighted by Gasteiger charge is -2.39. The smallest absolute Gasteiger partial charge is 0.0464 e. The Morgan fingerprint density at radius 1 is 0.323 bits per heavy atom. The number of rotatable bonds is 26. The minimum absolute atomic E-state index is 0.215. The molecule has 12 aromatic carbocycles. The zero-order valence-electron chi connectivity index (χ0n) is 55.9. The molecule has 0 heterocycles. The van der Waals surface area contributed by atoms with E-state index in [-0.39, 0.29) is 5.41 Å². The summed E-state index contributed by atoms with van der Waals surface area (Å²) < 4.78 is 0. The van der Waals surface area contributed by atoms with Crippen LogP contribution in [0, 0.1) is 0 Å². The van der Waals surface area contributed by atoms with Crippen molar-refractivity contribution in [2.75, 3.05) is 9.80 Å². The van der Waals surface area contributed by atoms with Gasteiger partial charge in [-0.2, -0.15) is 0 Å². The average molecular weight is 1210 g/mol. The van der Waals surface area contributed by atoms with Crippen LogP contribution in [0.15, 0.2) is 261 Å². The van der Waals surface area contributed by atoms with E-state index >= 15 is 0 Å². The minimum atomic E-state index is 0.215. The van der Waals surface area contributed by atoms with Gasteiger partial charge in [0.25, 0.3) is 0 Å². The van der Waals surface area contributed by atoms with E-state index in [0.717, 1.165) is 60.5 Å². The third-order valence-corrected chi connectivity index (χ3v) is 20.0. The molecule has 0 unspecified atom stereocenters. The number of benzene rings is 12. The first-order valence-corrected chi connectivity index (χ1v) is 35.1. The Bertz CT molecular complexity index is 4440. The Balaban J connectivity index is 0.918. The molecule has 0 amide bonds. The van der Waals surface area contributed by atoms with Crippen LogP contribution in [0.2, 0.25) is 0 Å². The topological polar surface area (TPSA) is 6.48 Å². The van der Waals surface area contributed by atoms with Crippen molar-refractivity contribution in [2.45, 2.75) is 149 Å². The predicted molar refractivity (Wildman–Crippen MR) is 403 cm³/mol. The highest BCUT2D eigenvalue weighted by Gasteiger charge is 2.34. The maximum Gasteiger partial charge on any atom is 0.0464 e. The van der Waals surface area contributed by atoms with Gasteiger partial charge in [-0.15, -0.1) is 0 Å². The number of aryl methyl sites for hydroxylation is 2. The molecule has 2 nitrogen and oxygen atoms in total. The normalized spacial score (nSPS) is 12.5. The standard InChI is InChI=1S/C91H92N2/c1-7-9-11-13-15-19-33-73-62-86(71-45-55-78(56-46-71)92(76-49-39-66(40-50-76)65(3)4)77-51-41-69(42-52-77)67-29-21-17-22-30-67)82-35-25-27-37-84(82)89(73)90-74(34-20-16-14-12-10-8-2)63-87(83-36-26-28-38-85(83)90)72-47-57-80(58-48-72)93(81-59-60-88-75(61-81)64-91(88,5)6)79-53-43-70(44-54-79)68-31-23-18-24-32-68/h17-18,21-32,35-63,65H,7-16,19-20,33-34,64H2,1-6H3. The Hall–Kier alpha value is -9.24. The number of fused-ring (bicyclic) bond motifs is 3. The molecule has 0 radical (unpaired) electrons. The highest BCUT2D eigenvalue weighted by Crippen LogP contribution is 2.49. The third-order valence-electron chi connectivity index (χ3n) is 20.0. The van der Waals surface area contributed by atoms with Crippen molar-refractivity contribution >= 4 is 55.7 Å². The van der Waals surface area contributed by atoms with Crippen molar-refractivity contribution in [1.82, 2.24) is 0 Å². The molecule has 13 rings (SSSR count). The molecule has 1 aliphatic rings. The second-order valence-electron chi connectivity index (χ2n) is 27.3. The van der Waals surface area contributed by atoms with E-state index in [1.165, 1.54) is 175 Å².